The largest absolute Gasteiger partial charge is 0.350 e. The Kier molecular flexibility index (Phi) is 10.6. The fourth-order valence-electron chi connectivity index (χ4n) is 3.71. The van der Waals surface area contributed by atoms with E-state index in [1.807, 2.05) is 87.5 Å². The molecule has 0 saturated heterocycles. The van der Waals surface area contributed by atoms with E-state index in [0.29, 0.717) is 18.7 Å². The van der Waals surface area contributed by atoms with Crippen molar-refractivity contribution in [1.82, 2.24) is 10.2 Å². The van der Waals surface area contributed by atoms with Gasteiger partial charge >= 0.3 is 0 Å². The van der Waals surface area contributed by atoms with Gasteiger partial charge in [-0.05, 0) is 61.7 Å². The Morgan fingerprint density at radius 1 is 0.833 bits per heavy atom. The minimum Gasteiger partial charge on any atom is -0.350 e. The number of amides is 2. The average Bonchev–Trinajstić information content (AvgIpc) is 2.83. The number of nitrogens with zero attached hydrogens (tertiary/aromatic N) is 1. The first kappa shape index (κ1) is 28.5. The summed E-state index contributed by atoms with van der Waals surface area (Å²) >= 11 is 8.51. The molecule has 190 valence electrons. The smallest absolute Gasteiger partial charge is 0.243 e. The lowest BCUT2D eigenvalue weighted by atomic mass is 10.0. The summed E-state index contributed by atoms with van der Waals surface area (Å²) < 4.78 is 2.00. The maximum Gasteiger partial charge on any atom is 0.243 e. The number of rotatable bonds is 10. The van der Waals surface area contributed by atoms with Gasteiger partial charge in [0.1, 0.15) is 6.04 Å². The highest BCUT2D eigenvalue weighted by atomic mass is 79.9. The van der Waals surface area contributed by atoms with Gasteiger partial charge in [0.25, 0.3) is 0 Å². The molecule has 0 fully saturated rings. The van der Waals surface area contributed by atoms with Crippen LogP contribution in [-0.2, 0) is 28.3 Å². The third-order valence-electron chi connectivity index (χ3n) is 5.44. The van der Waals surface area contributed by atoms with Crippen LogP contribution in [0.3, 0.4) is 0 Å². The molecule has 3 rings (SSSR count). The van der Waals surface area contributed by atoms with E-state index in [2.05, 4.69) is 49.3 Å². The molecule has 0 aliphatic rings. The lowest BCUT2D eigenvalue weighted by Crippen LogP contribution is -2.54. The first-order chi connectivity index (χ1) is 17.1. The van der Waals surface area contributed by atoms with Crippen LogP contribution in [0.15, 0.2) is 87.8 Å². The highest BCUT2D eigenvalue weighted by molar-refractivity contribution is 9.10. The summed E-state index contributed by atoms with van der Waals surface area (Å²) in [7, 11) is 0. The maximum absolute atomic E-state index is 13.7. The summed E-state index contributed by atoms with van der Waals surface area (Å²) in [6.45, 7) is 6.23. The fraction of sp³-hybridized carbons (Fsp3) is 0.310. The predicted molar refractivity (Wildman–Crippen MR) is 157 cm³/mol. The number of nitrogens with one attached hydrogen (secondary N) is 1. The van der Waals surface area contributed by atoms with Crippen molar-refractivity contribution >= 4 is 55.4 Å². The zero-order chi connectivity index (χ0) is 26.1. The molecule has 0 spiro atoms. The van der Waals surface area contributed by atoms with Gasteiger partial charge in [0.05, 0.1) is 5.75 Å². The predicted octanol–water partition coefficient (Wildman–Crippen LogP) is 7.00. The Labute approximate surface area is 235 Å². The van der Waals surface area contributed by atoms with Gasteiger partial charge in [-0.15, -0.1) is 11.8 Å². The van der Waals surface area contributed by atoms with E-state index >= 15 is 0 Å². The first-order valence-electron chi connectivity index (χ1n) is 11.8. The highest BCUT2D eigenvalue weighted by Gasteiger charge is 2.32. The number of benzene rings is 3. The van der Waals surface area contributed by atoms with Gasteiger partial charge in [-0.2, -0.15) is 0 Å². The van der Waals surface area contributed by atoms with Crippen molar-refractivity contribution in [2.75, 3.05) is 5.75 Å². The summed E-state index contributed by atoms with van der Waals surface area (Å²) in [5, 5.41) is 3.11. The second kappa shape index (κ2) is 13.5. The Balaban J connectivity index is 1.85. The molecule has 36 heavy (non-hydrogen) atoms. The summed E-state index contributed by atoms with van der Waals surface area (Å²) in [6.07, 6.45) is 0.447. The number of halogens is 2. The SMILES string of the molecule is CC(C)(C)NC(=O)[C@H](Cc1ccccc1)N(Cc1ccc(Br)cc1)C(=O)CSCc1ccc(Br)cc1. The molecule has 3 aromatic carbocycles. The Hall–Kier alpha value is -2.09. The molecule has 0 radical (unpaired) electrons. The quantitative estimate of drug-likeness (QED) is 0.262. The van der Waals surface area contributed by atoms with Crippen molar-refractivity contribution in [2.45, 2.75) is 51.1 Å². The van der Waals surface area contributed by atoms with Gasteiger partial charge in [-0.1, -0.05) is 86.5 Å². The van der Waals surface area contributed by atoms with Crippen molar-refractivity contribution in [3.8, 4) is 0 Å². The molecule has 0 unspecified atom stereocenters. The van der Waals surface area contributed by atoms with Crippen LogP contribution < -0.4 is 5.32 Å². The molecule has 1 N–H and O–H groups in total. The zero-order valence-corrected chi connectivity index (χ0v) is 24.8. The van der Waals surface area contributed by atoms with Crippen LogP contribution in [0, 0.1) is 0 Å². The topological polar surface area (TPSA) is 49.4 Å². The van der Waals surface area contributed by atoms with Gasteiger partial charge in [0.15, 0.2) is 0 Å². The Bertz CT molecular complexity index is 1130. The standard InChI is InChI=1S/C29H32Br2N2O2S/c1-29(2,3)32-28(35)26(17-21-7-5-4-6-8-21)33(18-22-9-13-24(30)14-10-22)27(34)20-36-19-23-11-15-25(31)16-12-23/h4-16,26H,17-20H2,1-3H3,(H,32,35)/t26-/m0/s1. The van der Waals surface area contributed by atoms with E-state index in [9.17, 15) is 9.59 Å². The average molecular weight is 632 g/mol. The van der Waals surface area contributed by atoms with Crippen molar-refractivity contribution in [3.63, 3.8) is 0 Å². The number of carbonyl (C=O) groups is 2. The summed E-state index contributed by atoms with van der Waals surface area (Å²) in [5.41, 5.74) is 2.74. The van der Waals surface area contributed by atoms with Crippen LogP contribution in [0.1, 0.15) is 37.5 Å². The molecule has 3 aromatic rings. The molecule has 0 heterocycles. The summed E-state index contributed by atoms with van der Waals surface area (Å²) in [5.74, 6) is 0.823. The minimum absolute atomic E-state index is 0.0509. The summed E-state index contributed by atoms with van der Waals surface area (Å²) in [6, 6.07) is 25.3. The van der Waals surface area contributed by atoms with Gasteiger partial charge in [-0.3, -0.25) is 9.59 Å². The monoisotopic (exact) mass is 630 g/mol. The number of thioether (sulfide) groups is 1. The lowest BCUT2D eigenvalue weighted by Gasteiger charge is -2.34. The minimum atomic E-state index is -0.629. The van der Waals surface area contributed by atoms with E-state index in [-0.39, 0.29) is 11.8 Å². The van der Waals surface area contributed by atoms with E-state index < -0.39 is 11.6 Å². The molecule has 2 amide bonds. The third kappa shape index (κ3) is 9.41. The first-order valence-corrected chi connectivity index (χ1v) is 14.6. The highest BCUT2D eigenvalue weighted by Crippen LogP contribution is 2.21. The van der Waals surface area contributed by atoms with E-state index in [0.717, 1.165) is 31.4 Å². The van der Waals surface area contributed by atoms with Crippen molar-refractivity contribution in [3.05, 3.63) is 104 Å². The molecule has 7 heteroatoms. The second-order valence-electron chi connectivity index (χ2n) is 9.71. The van der Waals surface area contributed by atoms with Gasteiger partial charge < -0.3 is 10.2 Å². The number of hydrogen-bond acceptors (Lipinski definition) is 3. The molecule has 0 aliphatic heterocycles. The van der Waals surface area contributed by atoms with Crippen molar-refractivity contribution < 1.29 is 9.59 Å². The van der Waals surface area contributed by atoms with Crippen molar-refractivity contribution in [2.24, 2.45) is 0 Å². The molecule has 0 aromatic heterocycles. The van der Waals surface area contributed by atoms with Crippen LogP contribution in [0.2, 0.25) is 0 Å². The zero-order valence-electron chi connectivity index (χ0n) is 20.8. The molecule has 0 aliphatic carbocycles. The maximum atomic E-state index is 13.7. The van der Waals surface area contributed by atoms with E-state index in [1.54, 1.807) is 16.7 Å². The molecule has 0 saturated carbocycles. The molecular formula is C29H32Br2N2O2S. The van der Waals surface area contributed by atoms with E-state index in [1.165, 1.54) is 0 Å². The number of hydrogen-bond donors (Lipinski definition) is 1. The molecule has 0 bridgehead atoms. The van der Waals surface area contributed by atoms with Gasteiger partial charge in [0, 0.05) is 33.2 Å². The fourth-order valence-corrected chi connectivity index (χ4v) is 5.11. The molecular weight excluding hydrogens is 600 g/mol. The second-order valence-corrected chi connectivity index (χ2v) is 12.5. The molecule has 4 nitrogen and oxygen atoms in total. The molecule has 1 atom stereocenters. The normalized spacial score (nSPS) is 12.1. The summed E-state index contributed by atoms with van der Waals surface area (Å²) in [4.78, 5) is 29.0. The van der Waals surface area contributed by atoms with Gasteiger partial charge in [-0.25, -0.2) is 0 Å². The van der Waals surface area contributed by atoms with Crippen LogP contribution in [-0.4, -0.2) is 34.0 Å². The van der Waals surface area contributed by atoms with Crippen molar-refractivity contribution in [1.29, 1.82) is 0 Å². The van der Waals surface area contributed by atoms with Crippen LogP contribution in [0.25, 0.3) is 0 Å². The Morgan fingerprint density at radius 2 is 1.39 bits per heavy atom. The van der Waals surface area contributed by atoms with Crippen LogP contribution in [0.5, 0.6) is 0 Å². The lowest BCUT2D eigenvalue weighted by molar-refractivity contribution is -0.140. The Morgan fingerprint density at radius 3 is 1.94 bits per heavy atom. The third-order valence-corrected chi connectivity index (χ3v) is 7.49. The van der Waals surface area contributed by atoms with Crippen LogP contribution in [0.4, 0.5) is 0 Å². The number of carbonyl (C=O) groups excluding carboxylic acids is 2. The van der Waals surface area contributed by atoms with Crippen LogP contribution >= 0.6 is 43.6 Å². The van der Waals surface area contributed by atoms with E-state index in [4.69, 9.17) is 0 Å². The van der Waals surface area contributed by atoms with Gasteiger partial charge in [0.2, 0.25) is 11.8 Å².